The van der Waals surface area contributed by atoms with Crippen molar-refractivity contribution >= 4 is 32.6 Å². The molecule has 0 bridgehead atoms. The number of primary sulfonamides is 1. The number of nitrogens with two attached hydrogens (primary N) is 1. The highest BCUT2D eigenvalue weighted by atomic mass is 32.2. The molecule has 0 saturated carbocycles. The van der Waals surface area contributed by atoms with Gasteiger partial charge in [0.25, 0.3) is 5.56 Å². The minimum absolute atomic E-state index is 0.0207. The molecular formula is C16H16N4O3S. The average molecular weight is 344 g/mol. The molecule has 2 aromatic carbocycles. The van der Waals surface area contributed by atoms with Gasteiger partial charge in [0.05, 0.1) is 15.8 Å². The molecule has 1 heterocycles. The number of anilines is 2. The monoisotopic (exact) mass is 344 g/mol. The Morgan fingerprint density at radius 2 is 1.79 bits per heavy atom. The summed E-state index contributed by atoms with van der Waals surface area (Å²) >= 11 is 0. The van der Waals surface area contributed by atoms with E-state index in [1.165, 1.54) is 16.7 Å². The fourth-order valence-electron chi connectivity index (χ4n) is 2.41. The number of aromatic nitrogens is 2. The largest absolute Gasteiger partial charge is 0.326 e. The molecular weight excluding hydrogens is 328 g/mol. The maximum atomic E-state index is 12.5. The van der Waals surface area contributed by atoms with E-state index in [-0.39, 0.29) is 10.5 Å². The van der Waals surface area contributed by atoms with Gasteiger partial charge in [-0.15, -0.1) is 0 Å². The first-order chi connectivity index (χ1) is 11.4. The second kappa shape index (κ2) is 6.06. The van der Waals surface area contributed by atoms with Gasteiger partial charge in [0.15, 0.2) is 0 Å². The summed E-state index contributed by atoms with van der Waals surface area (Å²) in [5.41, 5.74) is 1.06. The van der Waals surface area contributed by atoms with Crippen LogP contribution in [0.25, 0.3) is 10.9 Å². The van der Waals surface area contributed by atoms with Crippen molar-refractivity contribution in [1.82, 2.24) is 9.55 Å². The molecule has 7 nitrogen and oxygen atoms in total. The molecule has 124 valence electrons. The maximum absolute atomic E-state index is 12.5. The van der Waals surface area contributed by atoms with Crippen LogP contribution in [0.1, 0.15) is 6.92 Å². The zero-order valence-corrected chi connectivity index (χ0v) is 13.7. The number of nitrogens with zero attached hydrogens (tertiary/aromatic N) is 2. The fourth-order valence-corrected chi connectivity index (χ4v) is 2.93. The van der Waals surface area contributed by atoms with E-state index in [4.69, 9.17) is 5.14 Å². The van der Waals surface area contributed by atoms with Crippen molar-refractivity contribution in [2.24, 2.45) is 5.14 Å². The molecule has 24 heavy (non-hydrogen) atoms. The highest BCUT2D eigenvalue weighted by molar-refractivity contribution is 7.89. The second-order valence-corrected chi connectivity index (χ2v) is 6.76. The number of nitrogens with one attached hydrogen (secondary N) is 1. The van der Waals surface area contributed by atoms with Crippen LogP contribution >= 0.6 is 0 Å². The Hall–Kier alpha value is -2.71. The third kappa shape index (κ3) is 3.01. The van der Waals surface area contributed by atoms with Crippen LogP contribution in [0.4, 0.5) is 11.6 Å². The summed E-state index contributed by atoms with van der Waals surface area (Å²) in [6.07, 6.45) is 0. The fraction of sp³-hybridized carbons (Fsp3) is 0.125. The average Bonchev–Trinajstić information content (AvgIpc) is 2.55. The molecule has 0 spiro atoms. The highest BCUT2D eigenvalue weighted by Gasteiger charge is 2.11. The van der Waals surface area contributed by atoms with Gasteiger partial charge in [-0.2, -0.15) is 0 Å². The first kappa shape index (κ1) is 16.2. The van der Waals surface area contributed by atoms with Crippen molar-refractivity contribution in [3.05, 3.63) is 58.9 Å². The minimum atomic E-state index is -3.74. The van der Waals surface area contributed by atoms with E-state index >= 15 is 0 Å². The van der Waals surface area contributed by atoms with Crippen molar-refractivity contribution in [3.8, 4) is 0 Å². The smallest absolute Gasteiger partial charge is 0.262 e. The number of rotatable bonds is 4. The Labute approximate surface area is 138 Å². The van der Waals surface area contributed by atoms with Gasteiger partial charge >= 0.3 is 0 Å². The normalized spacial score (nSPS) is 11.6. The van der Waals surface area contributed by atoms with Crippen molar-refractivity contribution in [1.29, 1.82) is 0 Å². The molecule has 0 aliphatic rings. The van der Waals surface area contributed by atoms with Crippen LogP contribution < -0.4 is 16.0 Å². The van der Waals surface area contributed by atoms with Gasteiger partial charge in [-0.25, -0.2) is 18.5 Å². The molecule has 1 aromatic heterocycles. The predicted molar refractivity (Wildman–Crippen MR) is 92.8 cm³/mol. The Morgan fingerprint density at radius 3 is 2.42 bits per heavy atom. The van der Waals surface area contributed by atoms with Gasteiger partial charge in [0.2, 0.25) is 16.0 Å². The zero-order chi connectivity index (χ0) is 17.3. The van der Waals surface area contributed by atoms with E-state index in [1.54, 1.807) is 30.3 Å². The lowest BCUT2D eigenvalue weighted by molar-refractivity contribution is 0.598. The number of hydrogen-bond acceptors (Lipinski definition) is 5. The van der Waals surface area contributed by atoms with Gasteiger partial charge in [-0.1, -0.05) is 12.1 Å². The van der Waals surface area contributed by atoms with Gasteiger partial charge in [0.1, 0.15) is 0 Å². The van der Waals surface area contributed by atoms with Crippen LogP contribution in [0.3, 0.4) is 0 Å². The van der Waals surface area contributed by atoms with E-state index in [2.05, 4.69) is 10.3 Å². The summed E-state index contributed by atoms with van der Waals surface area (Å²) in [5, 5.41) is 8.68. The topological polar surface area (TPSA) is 107 Å². The highest BCUT2D eigenvalue weighted by Crippen LogP contribution is 2.18. The van der Waals surface area contributed by atoms with E-state index in [0.29, 0.717) is 29.1 Å². The summed E-state index contributed by atoms with van der Waals surface area (Å²) in [7, 11) is -3.74. The number of para-hydroxylation sites is 1. The Morgan fingerprint density at radius 1 is 1.12 bits per heavy atom. The standard InChI is InChI=1S/C16H16N4O3S/c1-2-20-15(21)13-5-3-4-6-14(13)19-16(20)18-11-7-9-12(10-8-11)24(17,22)23/h3-10H,2H2,1H3,(H,18,19)(H2,17,22,23). The zero-order valence-electron chi connectivity index (χ0n) is 12.9. The first-order valence-electron chi connectivity index (χ1n) is 7.29. The van der Waals surface area contributed by atoms with Gasteiger partial charge in [-0.05, 0) is 43.3 Å². The van der Waals surface area contributed by atoms with Crippen LogP contribution in [-0.4, -0.2) is 18.0 Å². The summed E-state index contributed by atoms with van der Waals surface area (Å²) in [6, 6.07) is 13.1. The molecule has 0 aliphatic carbocycles. The molecule has 0 amide bonds. The lowest BCUT2D eigenvalue weighted by Gasteiger charge is -2.13. The first-order valence-corrected chi connectivity index (χ1v) is 8.84. The molecule has 0 atom stereocenters. The van der Waals surface area contributed by atoms with Crippen molar-refractivity contribution in [2.45, 2.75) is 18.4 Å². The molecule has 8 heteroatoms. The number of sulfonamides is 1. The maximum Gasteiger partial charge on any atom is 0.262 e. The molecule has 0 aliphatic heterocycles. The Balaban J connectivity index is 2.05. The van der Waals surface area contributed by atoms with Crippen LogP contribution in [-0.2, 0) is 16.6 Å². The molecule has 3 N–H and O–H groups in total. The van der Waals surface area contributed by atoms with Crippen molar-refractivity contribution in [3.63, 3.8) is 0 Å². The molecule has 0 saturated heterocycles. The van der Waals surface area contributed by atoms with Crippen LogP contribution in [0.15, 0.2) is 58.2 Å². The van der Waals surface area contributed by atoms with E-state index in [9.17, 15) is 13.2 Å². The van der Waals surface area contributed by atoms with Crippen LogP contribution in [0.2, 0.25) is 0 Å². The SMILES string of the molecule is CCn1c(Nc2ccc(S(N)(=O)=O)cc2)nc2ccccc2c1=O. The Bertz CT molecular complexity index is 1060. The van der Waals surface area contributed by atoms with Crippen molar-refractivity contribution in [2.75, 3.05) is 5.32 Å². The second-order valence-electron chi connectivity index (χ2n) is 5.20. The quantitative estimate of drug-likeness (QED) is 0.750. The molecule has 0 fully saturated rings. The van der Waals surface area contributed by atoms with Gasteiger partial charge < -0.3 is 5.32 Å². The third-order valence-corrected chi connectivity index (χ3v) is 4.55. The number of fused-ring (bicyclic) bond motifs is 1. The van der Waals surface area contributed by atoms with E-state index in [0.717, 1.165) is 0 Å². The third-order valence-electron chi connectivity index (χ3n) is 3.62. The summed E-state index contributed by atoms with van der Waals surface area (Å²) in [5.74, 6) is 0.393. The molecule has 3 rings (SSSR count). The number of benzene rings is 2. The van der Waals surface area contributed by atoms with Gasteiger partial charge in [-0.3, -0.25) is 9.36 Å². The lowest BCUT2D eigenvalue weighted by Crippen LogP contribution is -2.23. The molecule has 3 aromatic rings. The minimum Gasteiger partial charge on any atom is -0.326 e. The summed E-state index contributed by atoms with van der Waals surface area (Å²) in [6.45, 7) is 2.31. The molecule has 0 unspecified atom stereocenters. The predicted octanol–water partition coefficient (Wildman–Crippen LogP) is 1.81. The molecule has 0 radical (unpaired) electrons. The van der Waals surface area contributed by atoms with E-state index < -0.39 is 10.0 Å². The summed E-state index contributed by atoms with van der Waals surface area (Å²) < 4.78 is 24.1. The Kier molecular flexibility index (Phi) is 4.08. The van der Waals surface area contributed by atoms with E-state index in [1.807, 2.05) is 13.0 Å². The summed E-state index contributed by atoms with van der Waals surface area (Å²) in [4.78, 5) is 17.0. The number of hydrogen-bond donors (Lipinski definition) is 2. The van der Waals surface area contributed by atoms with Crippen LogP contribution in [0.5, 0.6) is 0 Å². The lowest BCUT2D eigenvalue weighted by atomic mass is 10.2. The van der Waals surface area contributed by atoms with Gasteiger partial charge in [0, 0.05) is 12.2 Å². The van der Waals surface area contributed by atoms with Crippen molar-refractivity contribution < 1.29 is 8.42 Å². The van der Waals surface area contributed by atoms with Crippen LogP contribution in [0, 0.1) is 0 Å².